The van der Waals surface area contributed by atoms with Crippen LogP contribution in [0.15, 0.2) is 6.20 Å². The summed E-state index contributed by atoms with van der Waals surface area (Å²) < 4.78 is 10.1. The molecule has 0 saturated heterocycles. The second kappa shape index (κ2) is 5.62. The van der Waals surface area contributed by atoms with E-state index in [9.17, 15) is 0 Å². The number of methoxy groups -OCH3 is 1. The lowest BCUT2D eigenvalue weighted by atomic mass is 10.6. The highest BCUT2D eigenvalue weighted by atomic mass is 35.5. The number of likely N-dealkylation sites (N-methyl/N-ethyl adjacent to an activating group) is 1. The molecule has 0 aliphatic heterocycles. The highest BCUT2D eigenvalue weighted by molar-refractivity contribution is 6.31. The summed E-state index contributed by atoms with van der Waals surface area (Å²) >= 11 is 5.81. The molecule has 0 spiro atoms. The van der Waals surface area contributed by atoms with Gasteiger partial charge in [-0.15, -0.1) is 0 Å². The van der Waals surface area contributed by atoms with Crippen molar-refractivity contribution in [3.8, 4) is 11.9 Å². The summed E-state index contributed by atoms with van der Waals surface area (Å²) in [5, 5.41) is 3.32. The standard InChI is InChI=1S/C8H12ClN3O2/c1-10-3-4-14-7-6(9)5-11-8(12-7)13-2/h5,10H,3-4H2,1-2H3. The zero-order valence-electron chi connectivity index (χ0n) is 8.08. The van der Waals surface area contributed by atoms with Gasteiger partial charge in [-0.2, -0.15) is 4.98 Å². The highest BCUT2D eigenvalue weighted by Crippen LogP contribution is 2.22. The first-order chi connectivity index (χ1) is 6.77. The third-order valence-electron chi connectivity index (χ3n) is 1.46. The highest BCUT2D eigenvalue weighted by Gasteiger charge is 2.06. The summed E-state index contributed by atoms with van der Waals surface area (Å²) in [6.07, 6.45) is 1.45. The third kappa shape index (κ3) is 3.01. The smallest absolute Gasteiger partial charge is 0.319 e. The van der Waals surface area contributed by atoms with E-state index in [0.29, 0.717) is 17.5 Å². The molecule has 0 saturated carbocycles. The second-order valence-corrected chi connectivity index (χ2v) is 2.87. The van der Waals surface area contributed by atoms with E-state index in [-0.39, 0.29) is 6.01 Å². The predicted octanol–water partition coefficient (Wildman–Crippen LogP) is 0.737. The Labute approximate surface area is 87.4 Å². The first-order valence-corrected chi connectivity index (χ1v) is 4.49. The van der Waals surface area contributed by atoms with Crippen molar-refractivity contribution in [1.29, 1.82) is 0 Å². The minimum atomic E-state index is 0.244. The number of hydrogen-bond acceptors (Lipinski definition) is 5. The molecule has 0 radical (unpaired) electrons. The summed E-state index contributed by atoms with van der Waals surface area (Å²) in [5.74, 6) is 0.341. The Hall–Kier alpha value is -1.07. The molecule has 0 aromatic carbocycles. The fraction of sp³-hybridized carbons (Fsp3) is 0.500. The maximum absolute atomic E-state index is 5.81. The molecular weight excluding hydrogens is 206 g/mol. The summed E-state index contributed by atoms with van der Waals surface area (Å²) in [6, 6.07) is 0.244. The molecule has 78 valence electrons. The van der Waals surface area contributed by atoms with Crippen LogP contribution < -0.4 is 14.8 Å². The van der Waals surface area contributed by atoms with Crippen molar-refractivity contribution >= 4 is 11.6 Å². The van der Waals surface area contributed by atoms with Gasteiger partial charge in [-0.05, 0) is 7.05 Å². The minimum Gasteiger partial charge on any atom is -0.475 e. The lowest BCUT2D eigenvalue weighted by Gasteiger charge is -2.06. The van der Waals surface area contributed by atoms with E-state index in [0.717, 1.165) is 6.54 Å². The summed E-state index contributed by atoms with van der Waals surface area (Å²) in [7, 11) is 3.33. The van der Waals surface area contributed by atoms with Crippen LogP contribution in [0.2, 0.25) is 5.02 Å². The van der Waals surface area contributed by atoms with Gasteiger partial charge in [0.1, 0.15) is 11.6 Å². The molecule has 5 nitrogen and oxygen atoms in total. The Bertz CT molecular complexity index is 296. The van der Waals surface area contributed by atoms with Crippen molar-refractivity contribution in [3.63, 3.8) is 0 Å². The first-order valence-electron chi connectivity index (χ1n) is 4.12. The number of ether oxygens (including phenoxy) is 2. The van der Waals surface area contributed by atoms with Gasteiger partial charge in [0, 0.05) is 6.54 Å². The van der Waals surface area contributed by atoms with E-state index in [1.807, 2.05) is 7.05 Å². The Kier molecular flexibility index (Phi) is 4.42. The van der Waals surface area contributed by atoms with E-state index in [1.165, 1.54) is 13.3 Å². The molecule has 0 fully saturated rings. The number of nitrogens with one attached hydrogen (secondary N) is 1. The maximum atomic E-state index is 5.81. The van der Waals surface area contributed by atoms with E-state index in [1.54, 1.807) is 0 Å². The first kappa shape index (κ1) is 11.0. The van der Waals surface area contributed by atoms with Gasteiger partial charge in [0.2, 0.25) is 5.88 Å². The van der Waals surface area contributed by atoms with Gasteiger partial charge in [-0.1, -0.05) is 11.6 Å². The predicted molar refractivity (Wildman–Crippen MR) is 53.0 cm³/mol. The van der Waals surface area contributed by atoms with Gasteiger partial charge in [0.15, 0.2) is 0 Å². The van der Waals surface area contributed by atoms with Gasteiger partial charge < -0.3 is 14.8 Å². The SMILES string of the molecule is CNCCOc1nc(OC)ncc1Cl. The molecular formula is C8H12ClN3O2. The topological polar surface area (TPSA) is 56.3 Å². The van der Waals surface area contributed by atoms with E-state index in [2.05, 4.69) is 15.3 Å². The largest absolute Gasteiger partial charge is 0.475 e. The van der Waals surface area contributed by atoms with Crippen molar-refractivity contribution in [3.05, 3.63) is 11.2 Å². The molecule has 1 N–H and O–H groups in total. The van der Waals surface area contributed by atoms with Crippen LogP contribution in [-0.4, -0.2) is 37.3 Å². The van der Waals surface area contributed by atoms with E-state index in [4.69, 9.17) is 21.1 Å². The van der Waals surface area contributed by atoms with Crippen LogP contribution in [0, 0.1) is 0 Å². The molecule has 0 atom stereocenters. The van der Waals surface area contributed by atoms with Crippen molar-refractivity contribution in [2.75, 3.05) is 27.3 Å². The molecule has 6 heteroatoms. The van der Waals surface area contributed by atoms with Gasteiger partial charge in [-0.3, -0.25) is 0 Å². The van der Waals surface area contributed by atoms with Gasteiger partial charge in [0.25, 0.3) is 0 Å². The lowest BCUT2D eigenvalue weighted by Crippen LogP contribution is -2.16. The van der Waals surface area contributed by atoms with Crippen LogP contribution in [0.25, 0.3) is 0 Å². The normalized spacial score (nSPS) is 9.93. The third-order valence-corrected chi connectivity index (χ3v) is 1.72. The number of nitrogens with zero attached hydrogens (tertiary/aromatic N) is 2. The molecule has 0 bridgehead atoms. The Morgan fingerprint density at radius 1 is 1.57 bits per heavy atom. The fourth-order valence-corrected chi connectivity index (χ4v) is 0.931. The van der Waals surface area contributed by atoms with Gasteiger partial charge in [-0.25, -0.2) is 4.98 Å². The average molecular weight is 218 g/mol. The number of rotatable bonds is 5. The lowest BCUT2D eigenvalue weighted by molar-refractivity contribution is 0.295. The van der Waals surface area contributed by atoms with Crippen molar-refractivity contribution in [2.24, 2.45) is 0 Å². The zero-order chi connectivity index (χ0) is 10.4. The quantitative estimate of drug-likeness (QED) is 0.738. The average Bonchev–Trinajstić information content (AvgIpc) is 2.21. The molecule has 1 aromatic heterocycles. The van der Waals surface area contributed by atoms with Crippen LogP contribution >= 0.6 is 11.6 Å². The van der Waals surface area contributed by atoms with E-state index < -0.39 is 0 Å². The van der Waals surface area contributed by atoms with Gasteiger partial charge in [0.05, 0.1) is 13.3 Å². The Morgan fingerprint density at radius 2 is 2.36 bits per heavy atom. The minimum absolute atomic E-state index is 0.244. The Balaban J connectivity index is 2.64. The molecule has 0 aliphatic carbocycles. The molecule has 1 heterocycles. The molecule has 0 aliphatic rings. The molecule has 0 amide bonds. The molecule has 1 rings (SSSR count). The van der Waals surface area contributed by atoms with E-state index >= 15 is 0 Å². The monoisotopic (exact) mass is 217 g/mol. The van der Waals surface area contributed by atoms with Crippen molar-refractivity contribution in [2.45, 2.75) is 0 Å². The molecule has 14 heavy (non-hydrogen) atoms. The van der Waals surface area contributed by atoms with Crippen LogP contribution in [0.5, 0.6) is 11.9 Å². The van der Waals surface area contributed by atoms with Crippen LogP contribution in [0.4, 0.5) is 0 Å². The van der Waals surface area contributed by atoms with Crippen LogP contribution in [0.3, 0.4) is 0 Å². The van der Waals surface area contributed by atoms with Crippen molar-refractivity contribution < 1.29 is 9.47 Å². The van der Waals surface area contributed by atoms with Crippen LogP contribution in [0.1, 0.15) is 0 Å². The maximum Gasteiger partial charge on any atom is 0.319 e. The summed E-state index contributed by atoms with van der Waals surface area (Å²) in [6.45, 7) is 1.22. The van der Waals surface area contributed by atoms with Gasteiger partial charge >= 0.3 is 6.01 Å². The molecule has 0 unspecified atom stereocenters. The fourth-order valence-electron chi connectivity index (χ4n) is 0.786. The summed E-state index contributed by atoms with van der Waals surface area (Å²) in [5.41, 5.74) is 0. The number of aromatic nitrogens is 2. The summed E-state index contributed by atoms with van der Waals surface area (Å²) in [4.78, 5) is 7.77. The number of halogens is 1. The van der Waals surface area contributed by atoms with Crippen LogP contribution in [-0.2, 0) is 0 Å². The van der Waals surface area contributed by atoms with Crippen molar-refractivity contribution in [1.82, 2.24) is 15.3 Å². The number of hydrogen-bond donors (Lipinski definition) is 1. The second-order valence-electron chi connectivity index (χ2n) is 2.46. The Morgan fingerprint density at radius 3 is 3.00 bits per heavy atom. The zero-order valence-corrected chi connectivity index (χ0v) is 8.84. The molecule has 1 aromatic rings.